The first-order chi connectivity index (χ1) is 10.8. The molecule has 4 rings (SSSR count). The second-order valence-electron chi connectivity index (χ2n) is 6.06. The van der Waals surface area contributed by atoms with E-state index in [4.69, 9.17) is 4.42 Å². The van der Waals surface area contributed by atoms with Gasteiger partial charge in [-0.3, -0.25) is 9.78 Å². The first-order valence-corrected chi connectivity index (χ1v) is 7.85. The molecule has 2 aromatic rings. The summed E-state index contributed by atoms with van der Waals surface area (Å²) >= 11 is 0. The van der Waals surface area contributed by atoms with Crippen LogP contribution in [0.4, 0.5) is 0 Å². The van der Waals surface area contributed by atoms with Gasteiger partial charge in [-0.25, -0.2) is 0 Å². The highest BCUT2D eigenvalue weighted by atomic mass is 16.4. The number of hydrogen-bond donors (Lipinski definition) is 0. The van der Waals surface area contributed by atoms with Crippen LogP contribution in [0.3, 0.4) is 0 Å². The molecule has 1 atom stereocenters. The summed E-state index contributed by atoms with van der Waals surface area (Å²) in [6.45, 7) is 1.55. The Hall–Kier alpha value is -2.24. The molecule has 1 amide bonds. The zero-order valence-electron chi connectivity index (χ0n) is 12.3. The topological polar surface area (TPSA) is 72.1 Å². The standard InChI is InChI=1S/C16H18N4O2/c21-16(11-6-7-11)20-9-3-4-12(10-20)14-18-19-15(22-14)13-5-1-2-8-17-13/h1-2,5,8,11-12H,3-4,6-7,9-10H2. The van der Waals surface area contributed by atoms with Crippen molar-refractivity contribution in [2.75, 3.05) is 13.1 Å². The molecule has 2 fully saturated rings. The molecule has 2 aromatic heterocycles. The Morgan fingerprint density at radius 1 is 1.23 bits per heavy atom. The van der Waals surface area contributed by atoms with Crippen molar-refractivity contribution >= 4 is 5.91 Å². The van der Waals surface area contributed by atoms with Gasteiger partial charge >= 0.3 is 0 Å². The summed E-state index contributed by atoms with van der Waals surface area (Å²) in [7, 11) is 0. The Morgan fingerprint density at radius 3 is 2.91 bits per heavy atom. The van der Waals surface area contributed by atoms with Gasteiger partial charge in [-0.2, -0.15) is 0 Å². The van der Waals surface area contributed by atoms with Crippen molar-refractivity contribution in [2.24, 2.45) is 5.92 Å². The fourth-order valence-corrected chi connectivity index (χ4v) is 2.96. The number of piperidine rings is 1. The van der Waals surface area contributed by atoms with Gasteiger partial charge in [0.25, 0.3) is 5.89 Å². The van der Waals surface area contributed by atoms with Crippen molar-refractivity contribution in [3.05, 3.63) is 30.3 Å². The van der Waals surface area contributed by atoms with Crippen LogP contribution in [0.2, 0.25) is 0 Å². The normalized spacial score (nSPS) is 21.8. The Kier molecular flexibility index (Phi) is 3.36. The quantitative estimate of drug-likeness (QED) is 0.869. The van der Waals surface area contributed by atoms with Gasteiger partial charge in [0.2, 0.25) is 11.8 Å². The van der Waals surface area contributed by atoms with Crippen molar-refractivity contribution in [2.45, 2.75) is 31.6 Å². The summed E-state index contributed by atoms with van der Waals surface area (Å²) in [6.07, 6.45) is 5.77. The van der Waals surface area contributed by atoms with E-state index in [1.54, 1.807) is 6.20 Å². The van der Waals surface area contributed by atoms with Gasteiger partial charge in [-0.15, -0.1) is 10.2 Å². The highest BCUT2D eigenvalue weighted by molar-refractivity contribution is 5.81. The molecule has 1 unspecified atom stereocenters. The summed E-state index contributed by atoms with van der Waals surface area (Å²) < 4.78 is 5.79. The molecular weight excluding hydrogens is 280 g/mol. The fraction of sp³-hybridized carbons (Fsp3) is 0.500. The number of amides is 1. The third kappa shape index (κ3) is 2.61. The van der Waals surface area contributed by atoms with Gasteiger partial charge in [0.15, 0.2) is 0 Å². The summed E-state index contributed by atoms with van der Waals surface area (Å²) in [5.41, 5.74) is 0.683. The molecule has 1 aliphatic heterocycles. The summed E-state index contributed by atoms with van der Waals surface area (Å²) in [5, 5.41) is 8.27. The lowest BCUT2D eigenvalue weighted by atomic mass is 9.97. The molecule has 0 bridgehead atoms. The van der Waals surface area contributed by atoms with Crippen molar-refractivity contribution < 1.29 is 9.21 Å². The molecule has 6 nitrogen and oxygen atoms in total. The molecule has 1 aliphatic carbocycles. The van der Waals surface area contributed by atoms with E-state index < -0.39 is 0 Å². The first kappa shape index (κ1) is 13.4. The number of pyridine rings is 1. The number of likely N-dealkylation sites (tertiary alicyclic amines) is 1. The molecule has 2 aliphatic rings. The van der Waals surface area contributed by atoms with E-state index in [1.807, 2.05) is 23.1 Å². The predicted molar refractivity (Wildman–Crippen MR) is 78.8 cm³/mol. The van der Waals surface area contributed by atoms with Gasteiger partial charge in [-0.05, 0) is 37.8 Å². The molecule has 0 N–H and O–H groups in total. The van der Waals surface area contributed by atoms with Crippen molar-refractivity contribution in [1.82, 2.24) is 20.1 Å². The molecule has 1 saturated heterocycles. The van der Waals surface area contributed by atoms with Crippen LogP contribution in [-0.4, -0.2) is 39.1 Å². The van der Waals surface area contributed by atoms with Crippen molar-refractivity contribution in [1.29, 1.82) is 0 Å². The Labute approximate surface area is 128 Å². The maximum atomic E-state index is 12.2. The lowest BCUT2D eigenvalue weighted by molar-refractivity contribution is -0.133. The number of carbonyl (C=O) groups excluding carboxylic acids is 1. The zero-order chi connectivity index (χ0) is 14.9. The summed E-state index contributed by atoms with van der Waals surface area (Å²) in [6, 6.07) is 5.59. The van der Waals surface area contributed by atoms with Crippen LogP contribution in [0.1, 0.15) is 37.5 Å². The highest BCUT2D eigenvalue weighted by Crippen LogP contribution is 2.34. The molecule has 1 saturated carbocycles. The highest BCUT2D eigenvalue weighted by Gasteiger charge is 2.36. The van der Waals surface area contributed by atoms with Crippen LogP contribution >= 0.6 is 0 Å². The van der Waals surface area contributed by atoms with Gasteiger partial charge in [0.1, 0.15) is 5.69 Å². The third-order valence-electron chi connectivity index (χ3n) is 4.33. The fourth-order valence-electron chi connectivity index (χ4n) is 2.96. The van der Waals surface area contributed by atoms with E-state index >= 15 is 0 Å². The van der Waals surface area contributed by atoms with Crippen LogP contribution in [-0.2, 0) is 4.79 Å². The largest absolute Gasteiger partial charge is 0.419 e. The zero-order valence-corrected chi connectivity index (χ0v) is 12.3. The number of nitrogens with zero attached hydrogens (tertiary/aromatic N) is 4. The molecule has 0 radical (unpaired) electrons. The molecular formula is C16H18N4O2. The average molecular weight is 298 g/mol. The second-order valence-corrected chi connectivity index (χ2v) is 6.06. The number of hydrogen-bond acceptors (Lipinski definition) is 5. The van der Waals surface area contributed by atoms with Crippen LogP contribution in [0.25, 0.3) is 11.6 Å². The average Bonchev–Trinajstić information content (AvgIpc) is 3.31. The summed E-state index contributed by atoms with van der Waals surface area (Å²) in [4.78, 5) is 18.4. The minimum Gasteiger partial charge on any atom is -0.419 e. The number of rotatable bonds is 3. The van der Waals surface area contributed by atoms with E-state index in [0.29, 0.717) is 29.9 Å². The van der Waals surface area contributed by atoms with E-state index in [0.717, 1.165) is 32.2 Å². The third-order valence-corrected chi connectivity index (χ3v) is 4.33. The van der Waals surface area contributed by atoms with Crippen LogP contribution in [0.15, 0.2) is 28.8 Å². The number of aromatic nitrogens is 3. The molecule has 22 heavy (non-hydrogen) atoms. The monoisotopic (exact) mass is 298 g/mol. The predicted octanol–water partition coefficient (Wildman–Crippen LogP) is 2.25. The van der Waals surface area contributed by atoms with E-state index in [-0.39, 0.29) is 11.8 Å². The Balaban J connectivity index is 1.49. The Morgan fingerprint density at radius 2 is 2.14 bits per heavy atom. The SMILES string of the molecule is O=C(C1CC1)N1CCCC(c2nnc(-c3ccccn3)o2)C1. The lowest BCUT2D eigenvalue weighted by Crippen LogP contribution is -2.40. The maximum Gasteiger partial charge on any atom is 0.266 e. The van der Waals surface area contributed by atoms with Gasteiger partial charge in [-0.1, -0.05) is 6.07 Å². The van der Waals surface area contributed by atoms with E-state index in [1.165, 1.54) is 0 Å². The van der Waals surface area contributed by atoms with Gasteiger partial charge < -0.3 is 9.32 Å². The molecule has 0 spiro atoms. The number of carbonyl (C=O) groups is 1. The smallest absolute Gasteiger partial charge is 0.266 e. The van der Waals surface area contributed by atoms with E-state index in [9.17, 15) is 4.79 Å². The van der Waals surface area contributed by atoms with Crippen LogP contribution in [0, 0.1) is 5.92 Å². The van der Waals surface area contributed by atoms with Crippen molar-refractivity contribution in [3.63, 3.8) is 0 Å². The minimum atomic E-state index is 0.140. The van der Waals surface area contributed by atoms with Crippen LogP contribution < -0.4 is 0 Å². The maximum absolute atomic E-state index is 12.2. The summed E-state index contributed by atoms with van der Waals surface area (Å²) in [5.74, 6) is 1.77. The second kappa shape index (κ2) is 5.51. The molecule has 3 heterocycles. The first-order valence-electron chi connectivity index (χ1n) is 7.85. The van der Waals surface area contributed by atoms with Crippen molar-refractivity contribution in [3.8, 4) is 11.6 Å². The van der Waals surface area contributed by atoms with Crippen LogP contribution in [0.5, 0.6) is 0 Å². The lowest BCUT2D eigenvalue weighted by Gasteiger charge is -2.31. The Bertz CT molecular complexity index is 666. The molecule has 6 heteroatoms. The van der Waals surface area contributed by atoms with Gasteiger partial charge in [0.05, 0.1) is 5.92 Å². The minimum absolute atomic E-state index is 0.140. The molecule has 0 aromatic carbocycles. The molecule has 114 valence electrons. The van der Waals surface area contributed by atoms with E-state index in [2.05, 4.69) is 15.2 Å². The van der Waals surface area contributed by atoms with Gasteiger partial charge in [0, 0.05) is 25.2 Å².